The lowest BCUT2D eigenvalue weighted by Crippen LogP contribution is -2.74. The minimum absolute atomic E-state index is 0.0473. The van der Waals surface area contributed by atoms with E-state index in [0.717, 1.165) is 0 Å². The van der Waals surface area contributed by atoms with Gasteiger partial charge < -0.3 is 24.1 Å². The zero-order valence-electron chi connectivity index (χ0n) is 22.0. The Labute approximate surface area is 215 Å². The first kappa shape index (κ1) is 24.8. The number of hydrogen-bond donors (Lipinski definition) is 1. The molecule has 3 aliphatic carbocycles. The summed E-state index contributed by atoms with van der Waals surface area (Å²) in [6.45, 7) is 11.4. The summed E-state index contributed by atoms with van der Waals surface area (Å²) in [6, 6.07) is 0. The van der Waals surface area contributed by atoms with E-state index in [0.29, 0.717) is 19.3 Å². The maximum absolute atomic E-state index is 13.3. The van der Waals surface area contributed by atoms with Crippen LogP contribution >= 0.6 is 0 Å². The SMILES string of the molecule is CC(=O)O[C@@H]1C[C@@H]2C(C)(C)C(=O)C=C[C@]2(C)[C@H]2CC[C@@]3(C)[C@H](C4=C[C@@H](O)OC4=O)OC(=O)[C@H]4O[C@]43[C@@]21C. The average Bonchev–Trinajstić information content (AvgIpc) is 3.49. The van der Waals surface area contributed by atoms with Crippen molar-refractivity contribution in [1.29, 1.82) is 0 Å². The summed E-state index contributed by atoms with van der Waals surface area (Å²) < 4.78 is 23.2. The van der Waals surface area contributed by atoms with Gasteiger partial charge >= 0.3 is 17.9 Å². The highest BCUT2D eigenvalue weighted by molar-refractivity contribution is 5.96. The Morgan fingerprint density at radius 1 is 1.05 bits per heavy atom. The van der Waals surface area contributed by atoms with Crippen LogP contribution in [0, 0.1) is 33.5 Å². The molecule has 1 N–H and O–H groups in total. The van der Waals surface area contributed by atoms with Crippen LogP contribution in [0.25, 0.3) is 0 Å². The number of hydrogen-bond acceptors (Lipinski definition) is 9. The van der Waals surface area contributed by atoms with Crippen LogP contribution in [-0.2, 0) is 38.1 Å². The van der Waals surface area contributed by atoms with Crippen LogP contribution < -0.4 is 0 Å². The van der Waals surface area contributed by atoms with Crippen molar-refractivity contribution < 1.29 is 43.2 Å². The fraction of sp³-hybridized carbons (Fsp3) is 0.714. The summed E-state index contributed by atoms with van der Waals surface area (Å²) in [6.07, 6.45) is 2.76. The molecule has 3 heterocycles. The van der Waals surface area contributed by atoms with Gasteiger partial charge in [0.05, 0.1) is 5.57 Å². The molecule has 2 saturated heterocycles. The Kier molecular flexibility index (Phi) is 4.77. The second-order valence-corrected chi connectivity index (χ2v) is 12.9. The van der Waals surface area contributed by atoms with Gasteiger partial charge in [0, 0.05) is 23.2 Å². The molecule has 3 aliphatic heterocycles. The molecule has 37 heavy (non-hydrogen) atoms. The van der Waals surface area contributed by atoms with Crippen molar-refractivity contribution in [3.63, 3.8) is 0 Å². The maximum atomic E-state index is 13.3. The minimum Gasteiger partial charge on any atom is -0.462 e. The van der Waals surface area contributed by atoms with Gasteiger partial charge in [0.2, 0.25) is 6.29 Å². The average molecular weight is 515 g/mol. The van der Waals surface area contributed by atoms with Crippen LogP contribution in [0.5, 0.6) is 0 Å². The number of aliphatic hydroxyl groups is 1. The van der Waals surface area contributed by atoms with Gasteiger partial charge in [-0.3, -0.25) is 9.59 Å². The summed E-state index contributed by atoms with van der Waals surface area (Å²) >= 11 is 0. The Morgan fingerprint density at radius 3 is 2.38 bits per heavy atom. The van der Waals surface area contributed by atoms with Crippen molar-refractivity contribution in [1.82, 2.24) is 0 Å². The molecule has 0 aromatic carbocycles. The van der Waals surface area contributed by atoms with E-state index in [-0.39, 0.29) is 23.2 Å². The monoisotopic (exact) mass is 514 g/mol. The lowest BCUT2D eigenvalue weighted by Gasteiger charge is -2.68. The number of epoxide rings is 1. The minimum atomic E-state index is -1.40. The first-order valence-electron chi connectivity index (χ1n) is 13.0. The molecule has 2 saturated carbocycles. The predicted molar refractivity (Wildman–Crippen MR) is 126 cm³/mol. The van der Waals surface area contributed by atoms with Crippen LogP contribution in [0.1, 0.15) is 60.8 Å². The highest BCUT2D eigenvalue weighted by Gasteiger charge is 2.88. The van der Waals surface area contributed by atoms with Crippen molar-refractivity contribution in [3.8, 4) is 0 Å². The summed E-state index contributed by atoms with van der Waals surface area (Å²) in [5.74, 6) is -1.88. The topological polar surface area (TPSA) is 129 Å². The molecule has 4 fully saturated rings. The number of esters is 3. The second kappa shape index (κ2) is 7.11. The summed E-state index contributed by atoms with van der Waals surface area (Å²) in [5, 5.41) is 9.95. The van der Waals surface area contributed by atoms with Crippen LogP contribution in [0.15, 0.2) is 23.8 Å². The summed E-state index contributed by atoms with van der Waals surface area (Å²) in [5.41, 5.74) is -3.74. The van der Waals surface area contributed by atoms with E-state index in [1.807, 2.05) is 33.8 Å². The van der Waals surface area contributed by atoms with E-state index in [9.17, 15) is 24.3 Å². The molecule has 0 amide bonds. The van der Waals surface area contributed by atoms with E-state index >= 15 is 0 Å². The lowest BCUT2D eigenvalue weighted by molar-refractivity contribution is -0.247. The molecular formula is C28H34O9. The van der Waals surface area contributed by atoms with Gasteiger partial charge in [-0.15, -0.1) is 0 Å². The largest absolute Gasteiger partial charge is 0.462 e. The Balaban J connectivity index is 1.54. The zero-order chi connectivity index (χ0) is 26.9. The molecule has 1 spiro atoms. The van der Waals surface area contributed by atoms with Crippen molar-refractivity contribution in [2.24, 2.45) is 33.5 Å². The maximum Gasteiger partial charge on any atom is 0.340 e. The number of rotatable bonds is 2. The summed E-state index contributed by atoms with van der Waals surface area (Å²) in [7, 11) is 0. The van der Waals surface area contributed by atoms with Gasteiger partial charge in [-0.25, -0.2) is 9.59 Å². The number of carbonyl (C=O) groups is 4. The fourth-order valence-corrected chi connectivity index (χ4v) is 9.38. The standard InChI is InChI=1S/C28H34O9/c1-13(29)34-18-12-16-24(2,3)17(30)8-9-25(16,4)15-7-10-26(5)20(14-11-19(31)35-22(14)32)36-23(33)21-28(26,37-21)27(15,18)6/h8-9,11,15-16,18-21,31H,7,10,12H2,1-6H3/t15-,16-,18-,19+,20+,21-,25-,26+,27+,28-/m1/s1. The second-order valence-electron chi connectivity index (χ2n) is 12.9. The molecule has 0 aromatic rings. The van der Waals surface area contributed by atoms with E-state index in [2.05, 4.69) is 6.92 Å². The number of ketones is 1. The van der Waals surface area contributed by atoms with Gasteiger partial charge in [0.1, 0.15) is 17.8 Å². The van der Waals surface area contributed by atoms with Crippen LogP contribution in [0.4, 0.5) is 0 Å². The number of cyclic esters (lactones) is 2. The van der Waals surface area contributed by atoms with Gasteiger partial charge in [-0.2, -0.15) is 0 Å². The highest BCUT2D eigenvalue weighted by Crippen LogP contribution is 2.78. The number of aliphatic hydroxyl groups excluding tert-OH is 1. The molecule has 0 radical (unpaired) electrons. The molecule has 10 atom stereocenters. The third-order valence-corrected chi connectivity index (χ3v) is 11.1. The van der Waals surface area contributed by atoms with E-state index in [1.165, 1.54) is 13.0 Å². The molecule has 0 aromatic heterocycles. The lowest BCUT2D eigenvalue weighted by atomic mass is 9.35. The first-order chi connectivity index (χ1) is 17.1. The molecule has 9 heteroatoms. The Bertz CT molecular complexity index is 1200. The smallest absolute Gasteiger partial charge is 0.340 e. The van der Waals surface area contributed by atoms with Crippen molar-refractivity contribution in [3.05, 3.63) is 23.8 Å². The molecular weight excluding hydrogens is 480 g/mol. The quantitative estimate of drug-likeness (QED) is 0.335. The predicted octanol–water partition coefficient (Wildman–Crippen LogP) is 2.40. The third-order valence-electron chi connectivity index (χ3n) is 11.1. The zero-order valence-corrected chi connectivity index (χ0v) is 22.0. The molecule has 9 nitrogen and oxygen atoms in total. The van der Waals surface area contributed by atoms with E-state index in [1.54, 1.807) is 6.08 Å². The molecule has 200 valence electrons. The number of allylic oxidation sites excluding steroid dienone is 2. The molecule has 0 unspecified atom stereocenters. The van der Waals surface area contributed by atoms with Crippen LogP contribution in [0.3, 0.4) is 0 Å². The Hall–Kier alpha value is -2.52. The van der Waals surface area contributed by atoms with Crippen molar-refractivity contribution >= 4 is 23.7 Å². The normalized spacial score (nSPS) is 51.0. The molecule has 6 rings (SSSR count). The summed E-state index contributed by atoms with van der Waals surface area (Å²) in [4.78, 5) is 51.3. The first-order valence-corrected chi connectivity index (χ1v) is 13.0. The van der Waals surface area contributed by atoms with E-state index < -0.39 is 69.8 Å². The number of fused-ring (bicyclic) bond motifs is 3. The van der Waals surface area contributed by atoms with Crippen molar-refractivity contribution in [2.75, 3.05) is 0 Å². The van der Waals surface area contributed by atoms with Crippen LogP contribution in [-0.4, -0.2) is 59.0 Å². The molecule has 0 bridgehead atoms. The van der Waals surface area contributed by atoms with Gasteiger partial charge in [-0.1, -0.05) is 40.7 Å². The highest BCUT2D eigenvalue weighted by atomic mass is 16.7. The molecule has 6 aliphatic rings. The number of carbonyl (C=O) groups excluding carboxylic acids is 4. The van der Waals surface area contributed by atoms with Gasteiger partial charge in [0.15, 0.2) is 11.9 Å². The Morgan fingerprint density at radius 2 is 1.76 bits per heavy atom. The van der Waals surface area contributed by atoms with Crippen LogP contribution in [0.2, 0.25) is 0 Å². The third kappa shape index (κ3) is 2.72. The number of ether oxygens (including phenoxy) is 4. The van der Waals surface area contributed by atoms with E-state index in [4.69, 9.17) is 18.9 Å². The van der Waals surface area contributed by atoms with Gasteiger partial charge in [-0.05, 0) is 48.7 Å². The fourth-order valence-electron chi connectivity index (χ4n) is 9.38. The van der Waals surface area contributed by atoms with Crippen molar-refractivity contribution in [2.45, 2.75) is 91.0 Å². The van der Waals surface area contributed by atoms with Gasteiger partial charge in [0.25, 0.3) is 0 Å².